The predicted molar refractivity (Wildman–Crippen MR) is 95.3 cm³/mol. The van der Waals surface area contributed by atoms with Gasteiger partial charge in [0.15, 0.2) is 0 Å². The minimum Gasteiger partial charge on any atom is -0.378 e. The van der Waals surface area contributed by atoms with Gasteiger partial charge in [-0.05, 0) is 43.4 Å². The molecule has 25 heavy (non-hydrogen) atoms. The van der Waals surface area contributed by atoms with Crippen molar-refractivity contribution in [3.05, 3.63) is 24.0 Å². The molecule has 2 N–H and O–H groups in total. The second kappa shape index (κ2) is 7.30. The van der Waals surface area contributed by atoms with Crippen molar-refractivity contribution in [1.82, 2.24) is 5.32 Å². The predicted octanol–water partition coefficient (Wildman–Crippen LogP) is 2.52. The Bertz CT molecular complexity index is 619. The van der Waals surface area contributed by atoms with Crippen molar-refractivity contribution in [3.8, 4) is 0 Å². The van der Waals surface area contributed by atoms with Crippen LogP contribution in [0.15, 0.2) is 18.2 Å². The van der Waals surface area contributed by atoms with E-state index in [1.165, 1.54) is 31.4 Å². The molecule has 4 rings (SSSR count). The molecule has 1 aromatic carbocycles. The number of ether oxygens (including phenoxy) is 1. The van der Waals surface area contributed by atoms with Crippen molar-refractivity contribution in [3.63, 3.8) is 0 Å². The number of halogens is 1. The molecule has 6 heteroatoms. The minimum atomic E-state index is -0.327. The number of nitrogens with one attached hydrogen (secondary N) is 2. The van der Waals surface area contributed by atoms with Gasteiger partial charge in [-0.25, -0.2) is 4.39 Å². The van der Waals surface area contributed by atoms with Crippen LogP contribution < -0.4 is 15.5 Å². The van der Waals surface area contributed by atoms with E-state index >= 15 is 0 Å². The van der Waals surface area contributed by atoms with Crippen molar-refractivity contribution in [2.75, 3.05) is 36.5 Å². The Balaban J connectivity index is 1.43. The topological polar surface area (TPSA) is 53.6 Å². The number of hydrogen-bond donors (Lipinski definition) is 2. The molecule has 2 heterocycles. The van der Waals surface area contributed by atoms with E-state index in [1.807, 2.05) is 6.07 Å². The first-order chi connectivity index (χ1) is 12.2. The summed E-state index contributed by atoms with van der Waals surface area (Å²) in [5.74, 6) is 0.237. The largest absolute Gasteiger partial charge is 0.378 e. The molecule has 3 fully saturated rings. The summed E-state index contributed by atoms with van der Waals surface area (Å²) in [6.45, 7) is 2.77. The standard InChI is InChI=1S/C19H26FN3O2/c20-14-10-15(12-16(11-14)23-5-7-25-8-6-23)21-19(24)18-9-13-3-1-2-4-17(13)22-18/h10-13,17-18,22H,1-9H2,(H,21,24). The lowest BCUT2D eigenvalue weighted by molar-refractivity contribution is -0.117. The Morgan fingerprint density at radius 2 is 2.00 bits per heavy atom. The van der Waals surface area contributed by atoms with E-state index in [0.717, 1.165) is 31.6 Å². The second-order valence-electron chi connectivity index (χ2n) is 7.39. The Labute approximate surface area is 147 Å². The van der Waals surface area contributed by atoms with Crippen LogP contribution in [-0.2, 0) is 9.53 Å². The van der Waals surface area contributed by atoms with Gasteiger partial charge in [0.2, 0.25) is 5.91 Å². The maximum absolute atomic E-state index is 14.0. The molecule has 2 saturated heterocycles. The van der Waals surface area contributed by atoms with Crippen LogP contribution in [0, 0.1) is 11.7 Å². The van der Waals surface area contributed by atoms with Gasteiger partial charge in [0.05, 0.1) is 19.3 Å². The SMILES string of the molecule is O=C(Nc1cc(F)cc(N2CCOCC2)c1)C1CC2CCCCC2N1. The summed E-state index contributed by atoms with van der Waals surface area (Å²) >= 11 is 0. The smallest absolute Gasteiger partial charge is 0.241 e. The third-order valence-electron chi connectivity index (χ3n) is 5.71. The number of morpholine rings is 1. The number of fused-ring (bicyclic) bond motifs is 1. The maximum atomic E-state index is 14.0. The molecule has 0 bridgehead atoms. The molecule has 0 spiro atoms. The van der Waals surface area contributed by atoms with Crippen molar-refractivity contribution in [2.45, 2.75) is 44.2 Å². The molecule has 1 amide bonds. The van der Waals surface area contributed by atoms with Gasteiger partial charge in [0.1, 0.15) is 5.82 Å². The minimum absolute atomic E-state index is 0.0482. The van der Waals surface area contributed by atoms with Crippen LogP contribution >= 0.6 is 0 Å². The fraction of sp³-hybridized carbons (Fsp3) is 0.632. The summed E-state index contributed by atoms with van der Waals surface area (Å²) in [5.41, 5.74) is 1.33. The van der Waals surface area contributed by atoms with Gasteiger partial charge in [-0.2, -0.15) is 0 Å². The number of anilines is 2. The number of carbonyl (C=O) groups excluding carboxylic acids is 1. The highest BCUT2D eigenvalue weighted by Gasteiger charge is 2.38. The normalized spacial score (nSPS) is 29.3. The zero-order chi connectivity index (χ0) is 17.2. The van der Waals surface area contributed by atoms with E-state index in [1.54, 1.807) is 0 Å². The summed E-state index contributed by atoms with van der Waals surface area (Å²) in [6.07, 6.45) is 5.78. The van der Waals surface area contributed by atoms with Crippen LogP contribution in [-0.4, -0.2) is 44.3 Å². The Kier molecular flexibility index (Phi) is 4.90. The molecular weight excluding hydrogens is 321 g/mol. The van der Waals surface area contributed by atoms with E-state index in [4.69, 9.17) is 4.74 Å². The van der Waals surface area contributed by atoms with E-state index in [-0.39, 0.29) is 17.8 Å². The molecule has 0 radical (unpaired) electrons. The number of amides is 1. The molecule has 3 aliphatic rings. The zero-order valence-electron chi connectivity index (χ0n) is 14.5. The van der Waals surface area contributed by atoms with Gasteiger partial charge in [-0.1, -0.05) is 12.8 Å². The molecule has 1 saturated carbocycles. The Hall–Kier alpha value is -1.66. The molecule has 136 valence electrons. The number of hydrogen-bond acceptors (Lipinski definition) is 4. The van der Waals surface area contributed by atoms with Gasteiger partial charge in [0, 0.05) is 30.5 Å². The van der Waals surface area contributed by atoms with Crippen LogP contribution in [0.4, 0.5) is 15.8 Å². The summed E-state index contributed by atoms with van der Waals surface area (Å²) < 4.78 is 19.4. The van der Waals surface area contributed by atoms with Crippen LogP contribution in [0.25, 0.3) is 0 Å². The Morgan fingerprint density at radius 1 is 1.20 bits per heavy atom. The van der Waals surface area contributed by atoms with Gasteiger partial charge in [-0.15, -0.1) is 0 Å². The summed E-state index contributed by atoms with van der Waals surface area (Å²) in [5, 5.41) is 6.39. The molecule has 3 unspecified atom stereocenters. The first-order valence-corrected chi connectivity index (χ1v) is 9.39. The number of nitrogens with zero attached hydrogens (tertiary/aromatic N) is 1. The quantitative estimate of drug-likeness (QED) is 0.882. The van der Waals surface area contributed by atoms with Crippen molar-refractivity contribution >= 4 is 17.3 Å². The summed E-state index contributed by atoms with van der Waals surface area (Å²) in [6, 6.07) is 5.07. The molecule has 5 nitrogen and oxygen atoms in total. The summed E-state index contributed by atoms with van der Waals surface area (Å²) in [7, 11) is 0. The fourth-order valence-electron chi connectivity index (χ4n) is 4.40. The highest BCUT2D eigenvalue weighted by atomic mass is 19.1. The van der Waals surface area contributed by atoms with Gasteiger partial charge < -0.3 is 20.3 Å². The lowest BCUT2D eigenvalue weighted by Crippen LogP contribution is -2.40. The van der Waals surface area contributed by atoms with Gasteiger partial charge in [-0.3, -0.25) is 4.79 Å². The third kappa shape index (κ3) is 3.80. The van der Waals surface area contributed by atoms with E-state index < -0.39 is 0 Å². The van der Waals surface area contributed by atoms with Crippen molar-refractivity contribution < 1.29 is 13.9 Å². The zero-order valence-corrected chi connectivity index (χ0v) is 14.5. The van der Waals surface area contributed by atoms with Crippen LogP contribution in [0.2, 0.25) is 0 Å². The average Bonchev–Trinajstić information content (AvgIpc) is 3.06. The monoisotopic (exact) mass is 347 g/mol. The number of benzene rings is 1. The highest BCUT2D eigenvalue weighted by molar-refractivity contribution is 5.95. The van der Waals surface area contributed by atoms with Crippen molar-refractivity contribution in [1.29, 1.82) is 0 Å². The first-order valence-electron chi connectivity index (χ1n) is 9.39. The molecule has 2 aliphatic heterocycles. The number of rotatable bonds is 3. The van der Waals surface area contributed by atoms with Gasteiger partial charge in [0.25, 0.3) is 0 Å². The maximum Gasteiger partial charge on any atom is 0.241 e. The van der Waals surface area contributed by atoms with Crippen LogP contribution in [0.1, 0.15) is 32.1 Å². The molecule has 0 aromatic heterocycles. The van der Waals surface area contributed by atoms with E-state index in [9.17, 15) is 9.18 Å². The molecule has 3 atom stereocenters. The third-order valence-corrected chi connectivity index (χ3v) is 5.71. The second-order valence-corrected chi connectivity index (χ2v) is 7.39. The van der Waals surface area contributed by atoms with Crippen molar-refractivity contribution in [2.24, 2.45) is 5.92 Å². The highest BCUT2D eigenvalue weighted by Crippen LogP contribution is 2.33. The Morgan fingerprint density at radius 3 is 2.80 bits per heavy atom. The molecule has 1 aliphatic carbocycles. The summed E-state index contributed by atoms with van der Waals surface area (Å²) in [4.78, 5) is 14.7. The van der Waals surface area contributed by atoms with E-state index in [2.05, 4.69) is 15.5 Å². The number of carbonyl (C=O) groups is 1. The van der Waals surface area contributed by atoms with Gasteiger partial charge >= 0.3 is 0 Å². The molecule has 1 aromatic rings. The van der Waals surface area contributed by atoms with Crippen LogP contribution in [0.3, 0.4) is 0 Å². The molecular formula is C19H26FN3O2. The van der Waals surface area contributed by atoms with E-state index in [0.29, 0.717) is 30.9 Å². The lowest BCUT2D eigenvalue weighted by atomic mass is 9.85. The fourth-order valence-corrected chi connectivity index (χ4v) is 4.40. The lowest BCUT2D eigenvalue weighted by Gasteiger charge is -2.29. The van der Waals surface area contributed by atoms with Crippen LogP contribution in [0.5, 0.6) is 0 Å². The average molecular weight is 347 g/mol. The first kappa shape index (κ1) is 16.8.